The van der Waals surface area contributed by atoms with E-state index in [1.54, 1.807) is 18.2 Å². The lowest BCUT2D eigenvalue weighted by Crippen LogP contribution is -2.40. The van der Waals surface area contributed by atoms with Crippen molar-refractivity contribution in [1.82, 2.24) is 4.90 Å². The first-order chi connectivity index (χ1) is 14.5. The third-order valence-electron chi connectivity index (χ3n) is 4.42. The van der Waals surface area contributed by atoms with Gasteiger partial charge in [0.1, 0.15) is 16.6 Å². The zero-order chi connectivity index (χ0) is 21.5. The third kappa shape index (κ3) is 5.36. The van der Waals surface area contributed by atoms with E-state index in [4.69, 9.17) is 26.4 Å². The summed E-state index contributed by atoms with van der Waals surface area (Å²) in [7, 11) is 1.50. The van der Waals surface area contributed by atoms with Crippen LogP contribution in [-0.4, -0.2) is 49.3 Å². The number of esters is 1. The Labute approximate surface area is 194 Å². The molecule has 1 heterocycles. The van der Waals surface area contributed by atoms with Crippen LogP contribution in [0.15, 0.2) is 48.0 Å². The van der Waals surface area contributed by atoms with Crippen molar-refractivity contribution >= 4 is 51.8 Å². The molecule has 30 heavy (non-hydrogen) atoms. The highest BCUT2D eigenvalue weighted by Crippen LogP contribution is 2.35. The fraction of sp³-hybridized carbons (Fsp3) is 0.227. The zero-order valence-electron chi connectivity index (χ0n) is 16.3. The molecule has 0 saturated carbocycles. The number of carbonyl (C=O) groups is 1. The SMILES string of the molecule is COc1cc(C(=S)N2CCOCC2)cc(I)c1OC(=O)/C(C#N)=C/c1ccccc1. The molecule has 0 radical (unpaired) electrons. The highest BCUT2D eigenvalue weighted by Gasteiger charge is 2.22. The van der Waals surface area contributed by atoms with Crippen LogP contribution < -0.4 is 9.47 Å². The van der Waals surface area contributed by atoms with Crippen molar-refractivity contribution in [2.45, 2.75) is 0 Å². The first-order valence-electron chi connectivity index (χ1n) is 9.17. The maximum absolute atomic E-state index is 12.6. The Kier molecular flexibility index (Phi) is 7.79. The molecule has 2 aromatic rings. The molecule has 0 spiro atoms. The Morgan fingerprint density at radius 1 is 1.27 bits per heavy atom. The van der Waals surface area contributed by atoms with Crippen molar-refractivity contribution in [3.05, 3.63) is 62.7 Å². The van der Waals surface area contributed by atoms with Gasteiger partial charge in [0.05, 0.1) is 23.9 Å². The van der Waals surface area contributed by atoms with Gasteiger partial charge >= 0.3 is 5.97 Å². The van der Waals surface area contributed by atoms with E-state index >= 15 is 0 Å². The highest BCUT2D eigenvalue weighted by atomic mass is 127. The van der Waals surface area contributed by atoms with Crippen molar-refractivity contribution in [1.29, 1.82) is 5.26 Å². The van der Waals surface area contributed by atoms with Crippen LogP contribution in [0.2, 0.25) is 0 Å². The van der Waals surface area contributed by atoms with Crippen molar-refractivity contribution in [3.63, 3.8) is 0 Å². The Hall–Kier alpha value is -2.48. The molecule has 0 atom stereocenters. The average molecular weight is 534 g/mol. The molecule has 6 nitrogen and oxygen atoms in total. The Morgan fingerprint density at radius 2 is 1.97 bits per heavy atom. The fourth-order valence-electron chi connectivity index (χ4n) is 2.89. The standard InChI is InChI=1S/C22H19IN2O4S/c1-27-19-13-16(21(30)25-7-9-28-10-8-25)12-18(23)20(19)29-22(26)17(14-24)11-15-5-3-2-4-6-15/h2-6,11-13H,7-10H2,1H3/b17-11+. The van der Waals surface area contributed by atoms with Crippen LogP contribution >= 0.6 is 34.8 Å². The van der Waals surface area contributed by atoms with Gasteiger partial charge in [-0.05, 0) is 46.4 Å². The zero-order valence-corrected chi connectivity index (χ0v) is 19.2. The molecule has 0 aromatic heterocycles. The number of ether oxygens (including phenoxy) is 3. The summed E-state index contributed by atoms with van der Waals surface area (Å²) in [4.78, 5) is 15.4. The molecule has 2 aromatic carbocycles. The smallest absolute Gasteiger partial charge is 0.354 e. The topological polar surface area (TPSA) is 71.8 Å². The fourth-order valence-corrected chi connectivity index (χ4v) is 3.90. The van der Waals surface area contributed by atoms with Crippen LogP contribution in [0.5, 0.6) is 11.5 Å². The van der Waals surface area contributed by atoms with Crippen molar-refractivity contribution in [2.24, 2.45) is 0 Å². The van der Waals surface area contributed by atoms with Gasteiger partial charge in [0, 0.05) is 18.7 Å². The number of benzene rings is 2. The predicted molar refractivity (Wildman–Crippen MR) is 125 cm³/mol. The first-order valence-corrected chi connectivity index (χ1v) is 10.7. The van der Waals surface area contributed by atoms with Crippen LogP contribution in [-0.2, 0) is 9.53 Å². The molecule has 1 aliphatic rings. The van der Waals surface area contributed by atoms with E-state index in [1.165, 1.54) is 13.2 Å². The van der Waals surface area contributed by atoms with Gasteiger partial charge in [0.15, 0.2) is 11.5 Å². The summed E-state index contributed by atoms with van der Waals surface area (Å²) in [5.74, 6) is -0.121. The maximum atomic E-state index is 12.6. The lowest BCUT2D eigenvalue weighted by Gasteiger charge is -2.29. The number of carbonyl (C=O) groups excluding carboxylic acids is 1. The van der Waals surface area contributed by atoms with Crippen molar-refractivity contribution in [3.8, 4) is 17.6 Å². The lowest BCUT2D eigenvalue weighted by atomic mass is 10.1. The van der Waals surface area contributed by atoms with Crippen molar-refractivity contribution < 1.29 is 19.0 Å². The Bertz CT molecular complexity index is 1010. The molecule has 1 fully saturated rings. The summed E-state index contributed by atoms with van der Waals surface area (Å²) in [6, 6.07) is 14.6. The largest absolute Gasteiger partial charge is 0.493 e. The van der Waals surface area contributed by atoms with E-state index < -0.39 is 5.97 Å². The minimum atomic E-state index is -0.749. The first kappa shape index (κ1) is 22.2. The average Bonchev–Trinajstić information content (AvgIpc) is 2.79. The molecule has 1 aliphatic heterocycles. The normalized spacial score (nSPS) is 14.0. The van der Waals surface area contributed by atoms with Gasteiger partial charge in [-0.15, -0.1) is 0 Å². The van der Waals surface area contributed by atoms with Gasteiger partial charge in [0.25, 0.3) is 0 Å². The summed E-state index contributed by atoms with van der Waals surface area (Å²) in [5, 5.41) is 9.41. The van der Waals surface area contributed by atoms with Crippen LogP contribution in [0.1, 0.15) is 11.1 Å². The number of thiocarbonyl (C=S) groups is 1. The minimum absolute atomic E-state index is 0.105. The van der Waals surface area contributed by atoms with Gasteiger partial charge < -0.3 is 19.1 Å². The highest BCUT2D eigenvalue weighted by molar-refractivity contribution is 14.1. The van der Waals surface area contributed by atoms with Gasteiger partial charge in [-0.25, -0.2) is 4.79 Å². The summed E-state index contributed by atoms with van der Waals surface area (Å²) in [6.07, 6.45) is 1.49. The van der Waals surface area contributed by atoms with Crippen LogP contribution in [0.25, 0.3) is 6.08 Å². The van der Waals surface area contributed by atoms with E-state index in [9.17, 15) is 10.1 Å². The number of nitriles is 1. The molecule has 154 valence electrons. The van der Waals surface area contributed by atoms with Crippen LogP contribution in [0.3, 0.4) is 0 Å². The molecule has 1 saturated heterocycles. The number of rotatable bonds is 5. The second-order valence-corrected chi connectivity index (χ2v) is 7.91. The second kappa shape index (κ2) is 10.5. The van der Waals surface area contributed by atoms with E-state index in [0.717, 1.165) is 24.2 Å². The third-order valence-corrected chi connectivity index (χ3v) is 5.72. The lowest BCUT2D eigenvalue weighted by molar-refractivity contribution is -0.129. The van der Waals surface area contributed by atoms with Gasteiger partial charge in [-0.2, -0.15) is 5.26 Å². The minimum Gasteiger partial charge on any atom is -0.493 e. The maximum Gasteiger partial charge on any atom is 0.354 e. The summed E-state index contributed by atoms with van der Waals surface area (Å²) >= 11 is 7.69. The molecule has 0 N–H and O–H groups in total. The molecular weight excluding hydrogens is 515 g/mol. The number of nitrogens with zero attached hydrogens (tertiary/aromatic N) is 2. The molecule has 0 aliphatic carbocycles. The molecule has 0 amide bonds. The summed E-state index contributed by atoms with van der Waals surface area (Å²) in [5.41, 5.74) is 1.43. The quantitative estimate of drug-likeness (QED) is 0.144. The van der Waals surface area contributed by atoms with Gasteiger partial charge in [-0.1, -0.05) is 42.5 Å². The van der Waals surface area contributed by atoms with Gasteiger partial charge in [-0.3, -0.25) is 0 Å². The van der Waals surface area contributed by atoms with Gasteiger partial charge in [0.2, 0.25) is 0 Å². The predicted octanol–water partition coefficient (Wildman–Crippen LogP) is 3.82. The number of morpholine rings is 1. The Balaban J connectivity index is 1.85. The Morgan fingerprint density at radius 3 is 2.60 bits per heavy atom. The monoisotopic (exact) mass is 534 g/mol. The molecular formula is C22H19IN2O4S. The van der Waals surface area contributed by atoms with Crippen LogP contribution in [0.4, 0.5) is 0 Å². The number of methoxy groups -OCH3 is 1. The van der Waals surface area contributed by atoms with E-state index in [-0.39, 0.29) is 11.3 Å². The number of hydrogen-bond acceptors (Lipinski definition) is 6. The summed E-state index contributed by atoms with van der Waals surface area (Å²) in [6.45, 7) is 2.72. The number of hydrogen-bond donors (Lipinski definition) is 0. The summed E-state index contributed by atoms with van der Waals surface area (Å²) < 4.78 is 17.0. The molecule has 8 heteroatoms. The molecule has 0 bridgehead atoms. The molecule has 0 unspecified atom stereocenters. The van der Waals surface area contributed by atoms with E-state index in [2.05, 4.69) is 27.5 Å². The van der Waals surface area contributed by atoms with E-state index in [0.29, 0.717) is 27.5 Å². The van der Waals surface area contributed by atoms with Crippen molar-refractivity contribution in [2.75, 3.05) is 33.4 Å². The number of halogens is 1. The van der Waals surface area contributed by atoms with E-state index in [1.807, 2.05) is 30.3 Å². The molecule has 3 rings (SSSR count). The second-order valence-electron chi connectivity index (χ2n) is 6.36. The van der Waals surface area contributed by atoms with Crippen LogP contribution in [0, 0.1) is 14.9 Å².